The van der Waals surface area contributed by atoms with Crippen LogP contribution < -0.4 is 0 Å². The maximum atomic E-state index is 13.0. The molecule has 1 amide bonds. The highest BCUT2D eigenvalue weighted by Gasteiger charge is 2.39. The van der Waals surface area contributed by atoms with E-state index in [1.807, 2.05) is 4.90 Å². The summed E-state index contributed by atoms with van der Waals surface area (Å²) in [4.78, 5) is 34.1. The Morgan fingerprint density at radius 1 is 1.04 bits per heavy atom. The summed E-state index contributed by atoms with van der Waals surface area (Å²) in [5.41, 5.74) is 1.83. The first-order valence-corrected chi connectivity index (χ1v) is 9.64. The van der Waals surface area contributed by atoms with Gasteiger partial charge in [-0.2, -0.15) is 0 Å². The molecule has 2 N–H and O–H groups in total. The third kappa shape index (κ3) is 2.93. The summed E-state index contributed by atoms with van der Waals surface area (Å²) in [6.07, 6.45) is 2.62. The van der Waals surface area contributed by atoms with Crippen LogP contribution in [0.25, 0.3) is 0 Å². The topological polar surface area (TPSA) is 79.9 Å². The van der Waals surface area contributed by atoms with E-state index in [4.69, 9.17) is 0 Å². The Kier molecular flexibility index (Phi) is 4.52. The van der Waals surface area contributed by atoms with Gasteiger partial charge < -0.3 is 19.9 Å². The number of carboxylic acid groups (broad SMARTS) is 1. The maximum absolute atomic E-state index is 13.0. The summed E-state index contributed by atoms with van der Waals surface area (Å²) in [6.45, 7) is 10.4. The Morgan fingerprint density at radius 2 is 1.69 bits per heavy atom. The summed E-state index contributed by atoms with van der Waals surface area (Å²) in [7, 11) is 0. The number of carbonyl (C=O) groups excluding carboxylic acids is 1. The number of nitrogens with zero attached hydrogens (tertiary/aromatic N) is 3. The number of fused-ring (bicyclic) bond motifs is 3. The Hall–Kier alpha value is -1.86. The van der Waals surface area contributed by atoms with E-state index in [1.165, 1.54) is 32.5 Å². The van der Waals surface area contributed by atoms with Gasteiger partial charge in [0.05, 0.1) is 5.56 Å². The Bertz CT molecular complexity index is 713. The molecule has 5 heterocycles. The van der Waals surface area contributed by atoms with Crippen LogP contribution in [0.2, 0.25) is 0 Å². The van der Waals surface area contributed by atoms with Crippen molar-refractivity contribution < 1.29 is 14.7 Å². The lowest BCUT2D eigenvalue weighted by Crippen LogP contribution is -2.61. The van der Waals surface area contributed by atoms with Crippen molar-refractivity contribution in [3.05, 3.63) is 22.5 Å². The SMILES string of the molecule is Cc1[nH]c(C(=O)O)c(C)c1C(=O)N1CCN([C@@H]2CN3CCC2CC3)CC1. The number of hydrogen-bond acceptors (Lipinski definition) is 4. The molecular weight excluding hydrogens is 332 g/mol. The minimum atomic E-state index is -1.02. The van der Waals surface area contributed by atoms with Crippen LogP contribution in [0.5, 0.6) is 0 Å². The zero-order valence-corrected chi connectivity index (χ0v) is 15.6. The fraction of sp³-hybridized carbons (Fsp3) is 0.684. The fourth-order valence-electron chi connectivity index (χ4n) is 5.05. The van der Waals surface area contributed by atoms with Crippen LogP contribution in [0.15, 0.2) is 0 Å². The number of amides is 1. The highest BCUT2D eigenvalue weighted by Crippen LogP contribution is 2.31. The van der Waals surface area contributed by atoms with Gasteiger partial charge in [0.2, 0.25) is 0 Å². The first kappa shape index (κ1) is 17.5. The molecule has 5 rings (SSSR count). The molecule has 26 heavy (non-hydrogen) atoms. The van der Waals surface area contributed by atoms with E-state index < -0.39 is 5.97 Å². The van der Waals surface area contributed by atoms with Crippen LogP contribution in [0, 0.1) is 19.8 Å². The van der Waals surface area contributed by atoms with E-state index in [-0.39, 0.29) is 11.6 Å². The molecule has 1 aromatic rings. The summed E-state index contributed by atoms with van der Waals surface area (Å²) < 4.78 is 0. The second-order valence-corrected chi connectivity index (χ2v) is 7.96. The average Bonchev–Trinajstić information content (AvgIpc) is 2.97. The van der Waals surface area contributed by atoms with Crippen molar-refractivity contribution in [2.24, 2.45) is 5.92 Å². The van der Waals surface area contributed by atoms with Crippen molar-refractivity contribution in [1.29, 1.82) is 0 Å². The third-order valence-electron chi connectivity index (χ3n) is 6.56. The number of nitrogens with one attached hydrogen (secondary N) is 1. The van der Waals surface area contributed by atoms with Gasteiger partial charge in [0.15, 0.2) is 0 Å². The Labute approximate surface area is 153 Å². The molecule has 1 atom stereocenters. The smallest absolute Gasteiger partial charge is 0.352 e. The summed E-state index contributed by atoms with van der Waals surface area (Å²) in [5.74, 6) is -0.247. The molecule has 0 saturated carbocycles. The molecule has 4 saturated heterocycles. The quantitative estimate of drug-likeness (QED) is 0.846. The number of carbonyl (C=O) groups is 2. The molecule has 4 fully saturated rings. The van der Waals surface area contributed by atoms with Gasteiger partial charge in [-0.05, 0) is 51.3 Å². The molecular formula is C19H28N4O3. The van der Waals surface area contributed by atoms with Crippen molar-refractivity contribution in [3.63, 3.8) is 0 Å². The highest BCUT2D eigenvalue weighted by atomic mass is 16.4. The van der Waals surface area contributed by atoms with Gasteiger partial charge >= 0.3 is 5.97 Å². The standard InChI is InChI=1S/C19H28N4O3/c1-12-16(13(2)20-17(12)19(25)26)18(24)23-9-7-22(8-10-23)15-11-21-5-3-14(15)4-6-21/h14-15,20H,3-11H2,1-2H3,(H,25,26)/t15-/m1/s1. The van der Waals surface area contributed by atoms with Crippen molar-refractivity contribution >= 4 is 11.9 Å². The lowest BCUT2D eigenvalue weighted by atomic mass is 9.83. The van der Waals surface area contributed by atoms with Gasteiger partial charge in [0.1, 0.15) is 5.69 Å². The van der Waals surface area contributed by atoms with Crippen LogP contribution in [0.4, 0.5) is 0 Å². The molecule has 0 unspecified atom stereocenters. The average molecular weight is 360 g/mol. The number of aromatic carboxylic acids is 1. The number of aromatic nitrogens is 1. The van der Waals surface area contributed by atoms with Gasteiger partial charge in [0.25, 0.3) is 5.91 Å². The molecule has 0 radical (unpaired) electrons. The number of piperidine rings is 3. The van der Waals surface area contributed by atoms with E-state index in [2.05, 4.69) is 14.8 Å². The number of carboxylic acids is 1. The molecule has 0 aliphatic carbocycles. The summed E-state index contributed by atoms with van der Waals surface area (Å²) >= 11 is 0. The number of H-pyrrole nitrogens is 1. The zero-order chi connectivity index (χ0) is 18.4. The summed E-state index contributed by atoms with van der Waals surface area (Å²) in [5, 5.41) is 9.26. The molecule has 0 spiro atoms. The first-order chi connectivity index (χ1) is 12.5. The molecule has 7 heteroatoms. The van der Waals surface area contributed by atoms with Gasteiger partial charge in [-0.1, -0.05) is 0 Å². The van der Waals surface area contributed by atoms with Crippen molar-refractivity contribution in [1.82, 2.24) is 19.7 Å². The number of aryl methyl sites for hydroxylation is 1. The molecule has 1 aromatic heterocycles. The number of aromatic amines is 1. The van der Waals surface area contributed by atoms with Crippen LogP contribution in [-0.4, -0.2) is 88.5 Å². The lowest BCUT2D eigenvalue weighted by Gasteiger charge is -2.51. The van der Waals surface area contributed by atoms with Crippen LogP contribution in [-0.2, 0) is 0 Å². The minimum Gasteiger partial charge on any atom is -0.477 e. The molecule has 4 aliphatic rings. The Morgan fingerprint density at radius 3 is 2.19 bits per heavy atom. The number of piperazine rings is 1. The largest absolute Gasteiger partial charge is 0.477 e. The van der Waals surface area contributed by atoms with E-state index >= 15 is 0 Å². The molecule has 142 valence electrons. The van der Waals surface area contributed by atoms with E-state index in [1.54, 1.807) is 13.8 Å². The van der Waals surface area contributed by atoms with Gasteiger partial charge in [-0.3, -0.25) is 9.69 Å². The predicted octanol–water partition coefficient (Wildman–Crippen LogP) is 1.18. The van der Waals surface area contributed by atoms with Crippen LogP contribution in [0.3, 0.4) is 0 Å². The van der Waals surface area contributed by atoms with Gasteiger partial charge in [-0.25, -0.2) is 4.79 Å². The third-order valence-corrected chi connectivity index (χ3v) is 6.56. The van der Waals surface area contributed by atoms with E-state index in [0.717, 1.165) is 19.0 Å². The number of rotatable bonds is 3. The second kappa shape index (κ2) is 6.70. The van der Waals surface area contributed by atoms with Crippen molar-refractivity contribution in [3.8, 4) is 0 Å². The zero-order valence-electron chi connectivity index (χ0n) is 15.6. The van der Waals surface area contributed by atoms with Crippen molar-refractivity contribution in [2.45, 2.75) is 32.7 Å². The minimum absolute atomic E-state index is 0.0442. The monoisotopic (exact) mass is 360 g/mol. The number of hydrogen-bond donors (Lipinski definition) is 2. The Balaban J connectivity index is 1.42. The lowest BCUT2D eigenvalue weighted by molar-refractivity contribution is -0.0131. The van der Waals surface area contributed by atoms with Gasteiger partial charge in [-0.15, -0.1) is 0 Å². The second-order valence-electron chi connectivity index (χ2n) is 7.96. The molecule has 2 bridgehead atoms. The molecule has 7 nitrogen and oxygen atoms in total. The predicted molar refractivity (Wildman–Crippen MR) is 97.7 cm³/mol. The first-order valence-electron chi connectivity index (χ1n) is 9.64. The normalized spacial score (nSPS) is 29.2. The van der Waals surface area contributed by atoms with Gasteiger partial charge in [0, 0.05) is 44.5 Å². The van der Waals surface area contributed by atoms with Crippen LogP contribution in [0.1, 0.15) is 44.9 Å². The van der Waals surface area contributed by atoms with E-state index in [0.29, 0.717) is 36.0 Å². The highest BCUT2D eigenvalue weighted by molar-refractivity contribution is 6.00. The van der Waals surface area contributed by atoms with Crippen molar-refractivity contribution in [2.75, 3.05) is 45.8 Å². The summed E-state index contributed by atoms with van der Waals surface area (Å²) in [6, 6.07) is 0.643. The van der Waals surface area contributed by atoms with Crippen LogP contribution >= 0.6 is 0 Å². The fourth-order valence-corrected chi connectivity index (χ4v) is 5.05. The molecule has 0 aromatic carbocycles. The maximum Gasteiger partial charge on any atom is 0.352 e. The molecule has 4 aliphatic heterocycles. The van der Waals surface area contributed by atoms with E-state index in [9.17, 15) is 14.7 Å².